The molecular formula is C30H32ClN5O3. The lowest BCUT2D eigenvalue weighted by Crippen LogP contribution is -2.41. The molecule has 0 saturated heterocycles. The van der Waals surface area contributed by atoms with E-state index >= 15 is 0 Å². The van der Waals surface area contributed by atoms with Gasteiger partial charge in [0, 0.05) is 41.1 Å². The highest BCUT2D eigenvalue weighted by Gasteiger charge is 2.21. The van der Waals surface area contributed by atoms with E-state index in [-0.39, 0.29) is 18.4 Å². The van der Waals surface area contributed by atoms with Crippen molar-refractivity contribution in [2.45, 2.75) is 6.92 Å². The SMILES string of the molecule is COc1ccc(C(=O)N(CCN(C)C)CC(=O)Nc2nc(-c3ccc(Cl)cc3)cn2-c2ccc(C)cc2)cc1. The molecule has 0 fully saturated rings. The van der Waals surface area contributed by atoms with Crippen molar-refractivity contribution in [1.82, 2.24) is 19.4 Å². The Hall–Kier alpha value is -4.14. The van der Waals surface area contributed by atoms with Crippen LogP contribution in [0.3, 0.4) is 0 Å². The Labute approximate surface area is 233 Å². The number of rotatable bonds is 10. The number of carbonyl (C=O) groups is 2. The maximum atomic E-state index is 13.3. The van der Waals surface area contributed by atoms with E-state index in [4.69, 9.17) is 21.3 Å². The molecule has 0 aliphatic rings. The van der Waals surface area contributed by atoms with E-state index in [1.165, 1.54) is 4.90 Å². The zero-order valence-electron chi connectivity index (χ0n) is 22.5. The van der Waals surface area contributed by atoms with Crippen LogP contribution in [0.15, 0.2) is 79.0 Å². The number of likely N-dealkylation sites (N-methyl/N-ethyl adjacent to an activating group) is 1. The molecule has 0 aliphatic heterocycles. The van der Waals surface area contributed by atoms with E-state index in [9.17, 15) is 9.59 Å². The van der Waals surface area contributed by atoms with Crippen LogP contribution in [0.1, 0.15) is 15.9 Å². The number of imidazole rings is 1. The number of ether oxygens (including phenoxy) is 1. The van der Waals surface area contributed by atoms with Crippen LogP contribution in [-0.2, 0) is 4.79 Å². The summed E-state index contributed by atoms with van der Waals surface area (Å²) in [6.45, 7) is 2.87. The van der Waals surface area contributed by atoms with Gasteiger partial charge in [-0.15, -0.1) is 0 Å². The first kappa shape index (κ1) is 27.9. The molecule has 8 nitrogen and oxygen atoms in total. The smallest absolute Gasteiger partial charge is 0.254 e. The molecule has 1 heterocycles. The van der Waals surface area contributed by atoms with Gasteiger partial charge in [-0.2, -0.15) is 0 Å². The number of hydrogen-bond donors (Lipinski definition) is 1. The van der Waals surface area contributed by atoms with Gasteiger partial charge in [-0.25, -0.2) is 4.98 Å². The Bertz CT molecular complexity index is 1410. The fourth-order valence-electron chi connectivity index (χ4n) is 3.96. The Morgan fingerprint density at radius 3 is 2.23 bits per heavy atom. The molecule has 1 aromatic heterocycles. The first-order valence-electron chi connectivity index (χ1n) is 12.5. The van der Waals surface area contributed by atoms with Gasteiger partial charge in [-0.05, 0) is 69.6 Å². The second kappa shape index (κ2) is 12.6. The predicted molar refractivity (Wildman–Crippen MR) is 155 cm³/mol. The minimum Gasteiger partial charge on any atom is -0.497 e. The first-order chi connectivity index (χ1) is 18.7. The van der Waals surface area contributed by atoms with Crippen LogP contribution in [-0.4, -0.2) is 72.0 Å². The Balaban J connectivity index is 1.60. The van der Waals surface area contributed by atoms with Gasteiger partial charge >= 0.3 is 0 Å². The quantitative estimate of drug-likeness (QED) is 0.298. The second-order valence-electron chi connectivity index (χ2n) is 9.47. The lowest BCUT2D eigenvalue weighted by Gasteiger charge is -2.24. The van der Waals surface area contributed by atoms with E-state index in [0.717, 1.165) is 16.8 Å². The molecule has 0 saturated carbocycles. The standard InChI is InChI=1S/C30H32ClN5O3/c1-21-5-13-25(14-6-21)36-19-27(22-7-11-24(31)12-8-22)32-30(36)33-28(37)20-35(18-17-34(2)3)29(38)23-9-15-26(39-4)16-10-23/h5-16,19H,17-18,20H2,1-4H3,(H,32,33,37). The fourth-order valence-corrected chi connectivity index (χ4v) is 4.08. The Kier molecular flexibility index (Phi) is 9.01. The van der Waals surface area contributed by atoms with Crippen LogP contribution in [0.25, 0.3) is 16.9 Å². The predicted octanol–water partition coefficient (Wildman–Crippen LogP) is 5.15. The number of amides is 2. The highest BCUT2D eigenvalue weighted by Crippen LogP contribution is 2.26. The number of methoxy groups -OCH3 is 1. The molecule has 0 radical (unpaired) electrons. The summed E-state index contributed by atoms with van der Waals surface area (Å²) in [5, 5.41) is 3.56. The number of aromatic nitrogens is 2. The van der Waals surface area contributed by atoms with Gasteiger partial charge in [0.05, 0.1) is 12.8 Å². The summed E-state index contributed by atoms with van der Waals surface area (Å²) >= 11 is 6.07. The molecule has 0 unspecified atom stereocenters. The molecule has 0 spiro atoms. The highest BCUT2D eigenvalue weighted by molar-refractivity contribution is 6.30. The highest BCUT2D eigenvalue weighted by atomic mass is 35.5. The van der Waals surface area contributed by atoms with Crippen molar-refractivity contribution in [3.05, 3.63) is 95.1 Å². The molecule has 1 N–H and O–H groups in total. The van der Waals surface area contributed by atoms with Gasteiger partial charge < -0.3 is 14.5 Å². The summed E-state index contributed by atoms with van der Waals surface area (Å²) < 4.78 is 7.03. The van der Waals surface area contributed by atoms with Crippen molar-refractivity contribution in [1.29, 1.82) is 0 Å². The van der Waals surface area contributed by atoms with Gasteiger partial charge in [-0.3, -0.25) is 19.5 Å². The summed E-state index contributed by atoms with van der Waals surface area (Å²) in [5.41, 5.74) is 4.00. The van der Waals surface area contributed by atoms with Crippen LogP contribution in [0.4, 0.5) is 5.95 Å². The molecule has 0 aliphatic carbocycles. The molecule has 3 aromatic carbocycles. The number of hydrogen-bond acceptors (Lipinski definition) is 5. The third-order valence-corrected chi connectivity index (χ3v) is 6.44. The Morgan fingerprint density at radius 1 is 0.949 bits per heavy atom. The molecule has 39 heavy (non-hydrogen) atoms. The zero-order chi connectivity index (χ0) is 27.9. The third kappa shape index (κ3) is 7.25. The van der Waals surface area contributed by atoms with E-state index in [0.29, 0.717) is 41.1 Å². The number of carbonyl (C=O) groups excluding carboxylic acids is 2. The third-order valence-electron chi connectivity index (χ3n) is 6.19. The van der Waals surface area contributed by atoms with E-state index in [1.54, 1.807) is 43.5 Å². The minimum atomic E-state index is -0.350. The lowest BCUT2D eigenvalue weighted by molar-refractivity contribution is -0.117. The van der Waals surface area contributed by atoms with Gasteiger partial charge in [0.25, 0.3) is 5.91 Å². The van der Waals surface area contributed by atoms with Crippen molar-refractivity contribution < 1.29 is 14.3 Å². The molecule has 2 amide bonds. The van der Waals surface area contributed by atoms with Crippen molar-refractivity contribution in [3.63, 3.8) is 0 Å². The maximum absolute atomic E-state index is 13.3. The van der Waals surface area contributed by atoms with Gasteiger partial charge in [-0.1, -0.05) is 41.4 Å². The van der Waals surface area contributed by atoms with Crippen molar-refractivity contribution >= 4 is 29.4 Å². The number of halogens is 1. The molecular weight excluding hydrogens is 514 g/mol. The summed E-state index contributed by atoms with van der Waals surface area (Å²) in [6, 6.07) is 22.2. The van der Waals surface area contributed by atoms with Crippen LogP contribution in [0.2, 0.25) is 5.02 Å². The Morgan fingerprint density at radius 2 is 1.62 bits per heavy atom. The number of nitrogens with zero attached hydrogens (tertiary/aromatic N) is 4. The second-order valence-corrected chi connectivity index (χ2v) is 9.91. The average molecular weight is 546 g/mol. The molecule has 202 valence electrons. The number of benzene rings is 3. The average Bonchev–Trinajstić information content (AvgIpc) is 3.34. The van der Waals surface area contributed by atoms with E-state index in [1.807, 2.05) is 73.1 Å². The summed E-state index contributed by atoms with van der Waals surface area (Å²) in [4.78, 5) is 34.9. The van der Waals surface area contributed by atoms with Crippen LogP contribution in [0, 0.1) is 6.92 Å². The zero-order valence-corrected chi connectivity index (χ0v) is 23.3. The molecule has 4 rings (SSSR count). The normalized spacial score (nSPS) is 10.9. The van der Waals surface area contributed by atoms with E-state index in [2.05, 4.69) is 5.32 Å². The summed E-state index contributed by atoms with van der Waals surface area (Å²) in [6.07, 6.45) is 1.87. The minimum absolute atomic E-state index is 0.129. The van der Waals surface area contributed by atoms with Gasteiger partial charge in [0.15, 0.2) is 0 Å². The summed E-state index contributed by atoms with van der Waals surface area (Å²) in [5.74, 6) is 0.428. The maximum Gasteiger partial charge on any atom is 0.254 e. The van der Waals surface area contributed by atoms with Crippen LogP contribution in [0.5, 0.6) is 5.75 Å². The number of nitrogens with one attached hydrogen (secondary N) is 1. The lowest BCUT2D eigenvalue weighted by atomic mass is 10.2. The van der Waals surface area contributed by atoms with Gasteiger partial charge in [0.2, 0.25) is 11.9 Å². The van der Waals surface area contributed by atoms with Gasteiger partial charge in [0.1, 0.15) is 12.3 Å². The van der Waals surface area contributed by atoms with Crippen molar-refractivity contribution in [3.8, 4) is 22.7 Å². The van der Waals surface area contributed by atoms with Crippen LogP contribution < -0.4 is 10.1 Å². The molecule has 4 aromatic rings. The largest absolute Gasteiger partial charge is 0.497 e. The van der Waals surface area contributed by atoms with Crippen molar-refractivity contribution in [2.75, 3.05) is 46.2 Å². The van der Waals surface area contributed by atoms with Crippen molar-refractivity contribution in [2.24, 2.45) is 0 Å². The topological polar surface area (TPSA) is 79.7 Å². The first-order valence-corrected chi connectivity index (χ1v) is 12.9. The molecule has 0 atom stereocenters. The summed E-state index contributed by atoms with van der Waals surface area (Å²) in [7, 11) is 5.42. The monoisotopic (exact) mass is 545 g/mol. The van der Waals surface area contributed by atoms with Crippen LogP contribution >= 0.6 is 11.6 Å². The fraction of sp³-hybridized carbons (Fsp3) is 0.233. The number of aryl methyl sites for hydroxylation is 1. The van der Waals surface area contributed by atoms with E-state index < -0.39 is 0 Å². The molecule has 9 heteroatoms. The molecule has 0 bridgehead atoms. The number of anilines is 1.